The Morgan fingerprint density at radius 1 is 1.12 bits per heavy atom. The molecule has 0 bridgehead atoms. The minimum absolute atomic E-state index is 0.0845. The van der Waals surface area contributed by atoms with Crippen molar-refractivity contribution < 1.29 is 31.8 Å². The fourth-order valence-electron chi connectivity index (χ4n) is 3.57. The predicted molar refractivity (Wildman–Crippen MR) is 152 cm³/mol. The van der Waals surface area contributed by atoms with Gasteiger partial charge in [-0.25, -0.2) is 14.8 Å². The van der Waals surface area contributed by atoms with E-state index >= 15 is 0 Å². The molecule has 7 nitrogen and oxygen atoms in total. The number of hydrogen-bond donors (Lipinski definition) is 2. The molecular weight excluding hydrogens is 628 g/mol. The molecule has 4 aromatic rings. The lowest BCUT2D eigenvalue weighted by atomic mass is 10.2. The second kappa shape index (κ2) is 13.6. The van der Waals surface area contributed by atoms with Crippen molar-refractivity contribution in [3.63, 3.8) is 0 Å². The lowest BCUT2D eigenvalue weighted by Gasteiger charge is -2.14. The summed E-state index contributed by atoms with van der Waals surface area (Å²) < 4.78 is 64.4. The molecule has 0 radical (unpaired) electrons. The van der Waals surface area contributed by atoms with E-state index in [2.05, 4.69) is 36.8 Å². The molecule has 1 heterocycles. The van der Waals surface area contributed by atoms with Crippen molar-refractivity contribution in [3.8, 4) is 11.5 Å². The Labute approximate surface area is 245 Å². The summed E-state index contributed by atoms with van der Waals surface area (Å²) in [5.74, 6) is 0.0897. The van der Waals surface area contributed by atoms with Crippen molar-refractivity contribution in [2.75, 3.05) is 11.9 Å². The van der Waals surface area contributed by atoms with Gasteiger partial charge in [0, 0.05) is 11.1 Å². The van der Waals surface area contributed by atoms with E-state index in [1.807, 2.05) is 6.92 Å². The molecule has 1 amide bonds. The molecule has 0 spiro atoms. The number of hydrogen-bond acceptors (Lipinski definition) is 7. The first-order valence-electron chi connectivity index (χ1n) is 12.1. The number of hydrazone groups is 1. The monoisotopic (exact) mass is 650 g/mol. The number of carbonyl (C=O) groups excluding carboxylic acids is 1. The molecule has 0 saturated heterocycles. The zero-order valence-corrected chi connectivity index (χ0v) is 23.9. The fourth-order valence-corrected chi connectivity index (χ4v) is 4.88. The molecule has 13 heteroatoms. The summed E-state index contributed by atoms with van der Waals surface area (Å²) in [4.78, 5) is 16.6. The average Bonchev–Trinajstić information content (AvgIpc) is 3.34. The summed E-state index contributed by atoms with van der Waals surface area (Å²) in [5.41, 5.74) is 3.58. The zero-order valence-electron chi connectivity index (χ0n) is 21.5. The molecule has 2 N–H and O–H groups in total. The van der Waals surface area contributed by atoms with Crippen LogP contribution in [0, 0.1) is 5.82 Å². The van der Waals surface area contributed by atoms with Crippen LogP contribution in [0.1, 0.15) is 29.3 Å². The van der Waals surface area contributed by atoms with Crippen LogP contribution in [0.3, 0.4) is 0 Å². The smallest absolute Gasteiger partial charge is 0.416 e. The number of aromatic nitrogens is 1. The molecule has 0 aliphatic rings. The number of rotatable bonds is 11. The van der Waals surface area contributed by atoms with Gasteiger partial charge in [-0.05, 0) is 76.4 Å². The molecular formula is C28H23BrF4N4O3S. The minimum Gasteiger partial charge on any atom is -0.490 e. The lowest BCUT2D eigenvalue weighted by Crippen LogP contribution is -2.20. The van der Waals surface area contributed by atoms with Gasteiger partial charge in [-0.15, -0.1) is 11.3 Å². The van der Waals surface area contributed by atoms with Crippen molar-refractivity contribution in [2.45, 2.75) is 26.1 Å². The molecule has 1 aromatic heterocycles. The van der Waals surface area contributed by atoms with Gasteiger partial charge in [0.25, 0.3) is 0 Å². The van der Waals surface area contributed by atoms with Gasteiger partial charge < -0.3 is 14.8 Å². The lowest BCUT2D eigenvalue weighted by molar-refractivity contribution is -0.137. The van der Waals surface area contributed by atoms with Gasteiger partial charge in [0.1, 0.15) is 12.4 Å². The Balaban J connectivity index is 1.34. The van der Waals surface area contributed by atoms with Crippen LogP contribution in [0.15, 0.2) is 75.6 Å². The summed E-state index contributed by atoms with van der Waals surface area (Å²) in [6.45, 7) is 2.33. The SMILES string of the molecule is CCOc1cc(/C=N\NC(=O)Cc2csc(Nc3cccc(C(F)(F)F)c3)n2)cc(Br)c1OCc1cccc(F)c1. The van der Waals surface area contributed by atoms with Crippen molar-refractivity contribution in [3.05, 3.63) is 98.7 Å². The van der Waals surface area contributed by atoms with Crippen molar-refractivity contribution in [2.24, 2.45) is 5.10 Å². The van der Waals surface area contributed by atoms with Crippen molar-refractivity contribution >= 4 is 50.2 Å². The van der Waals surface area contributed by atoms with Crippen LogP contribution in [0.2, 0.25) is 0 Å². The molecule has 0 aliphatic carbocycles. The van der Waals surface area contributed by atoms with Gasteiger partial charge in [0.2, 0.25) is 5.91 Å². The standard InChI is InChI=1S/C28H23BrF4N4O3S/c1-2-39-24-11-18(10-23(29)26(24)40-15-17-5-3-7-20(30)9-17)14-34-37-25(38)13-22-16-41-27(36-22)35-21-8-4-6-19(12-21)28(31,32)33/h3-12,14,16H,2,13,15H2,1H3,(H,35,36)(H,37,38)/b34-14-. The van der Waals surface area contributed by atoms with Crippen LogP contribution in [0.25, 0.3) is 0 Å². The molecule has 0 saturated carbocycles. The number of ether oxygens (including phenoxy) is 2. The van der Waals surface area contributed by atoms with E-state index in [9.17, 15) is 22.4 Å². The number of carbonyl (C=O) groups is 1. The van der Waals surface area contributed by atoms with Crippen LogP contribution in [0.5, 0.6) is 11.5 Å². The van der Waals surface area contributed by atoms with E-state index in [-0.39, 0.29) is 24.5 Å². The van der Waals surface area contributed by atoms with E-state index in [1.54, 1.807) is 29.6 Å². The third kappa shape index (κ3) is 8.76. The Morgan fingerprint density at radius 2 is 1.93 bits per heavy atom. The third-order valence-corrected chi connectivity index (χ3v) is 6.74. The summed E-state index contributed by atoms with van der Waals surface area (Å²) in [6.07, 6.45) is -3.10. The molecule has 0 atom stereocenters. The van der Waals surface area contributed by atoms with Crippen LogP contribution in [-0.4, -0.2) is 23.7 Å². The molecule has 41 heavy (non-hydrogen) atoms. The molecule has 0 aliphatic heterocycles. The van der Waals surface area contributed by atoms with E-state index in [0.717, 1.165) is 23.5 Å². The summed E-state index contributed by atoms with van der Waals surface area (Å²) in [7, 11) is 0. The Hall–Kier alpha value is -3.97. The first kappa shape index (κ1) is 30.0. The van der Waals surface area contributed by atoms with E-state index < -0.39 is 17.6 Å². The summed E-state index contributed by atoms with van der Waals surface area (Å²) >= 11 is 4.63. The van der Waals surface area contributed by atoms with Crippen molar-refractivity contribution in [1.29, 1.82) is 0 Å². The Kier molecular flexibility index (Phi) is 9.95. The number of nitrogens with one attached hydrogen (secondary N) is 2. The number of nitrogens with zero attached hydrogens (tertiary/aromatic N) is 2. The zero-order chi connectivity index (χ0) is 29.4. The van der Waals surface area contributed by atoms with Crippen LogP contribution in [0.4, 0.5) is 28.4 Å². The summed E-state index contributed by atoms with van der Waals surface area (Å²) in [6, 6.07) is 14.3. The van der Waals surface area contributed by atoms with Gasteiger partial charge in [-0.1, -0.05) is 18.2 Å². The first-order chi connectivity index (χ1) is 19.6. The van der Waals surface area contributed by atoms with Crippen molar-refractivity contribution in [1.82, 2.24) is 10.4 Å². The summed E-state index contributed by atoms with van der Waals surface area (Å²) in [5, 5.41) is 8.80. The predicted octanol–water partition coefficient (Wildman–Crippen LogP) is 7.48. The molecule has 0 unspecified atom stereocenters. The normalized spacial score (nSPS) is 11.5. The van der Waals surface area contributed by atoms with Crippen LogP contribution in [-0.2, 0) is 24.0 Å². The topological polar surface area (TPSA) is 84.8 Å². The molecule has 0 fully saturated rings. The Bertz CT molecular complexity index is 1550. The van der Waals surface area contributed by atoms with E-state index in [1.165, 1.54) is 30.5 Å². The van der Waals surface area contributed by atoms with Gasteiger partial charge >= 0.3 is 6.18 Å². The minimum atomic E-state index is -4.45. The van der Waals surface area contributed by atoms with Gasteiger partial charge in [0.05, 0.1) is 35.0 Å². The quantitative estimate of drug-likeness (QED) is 0.0999. The first-order valence-corrected chi connectivity index (χ1v) is 13.8. The van der Waals surface area contributed by atoms with Crippen LogP contribution >= 0.6 is 27.3 Å². The maximum atomic E-state index is 13.5. The number of alkyl halides is 3. The molecule has 214 valence electrons. The second-order valence-electron chi connectivity index (χ2n) is 8.50. The largest absolute Gasteiger partial charge is 0.490 e. The molecule has 3 aromatic carbocycles. The third-order valence-electron chi connectivity index (χ3n) is 5.34. The Morgan fingerprint density at radius 3 is 2.68 bits per heavy atom. The van der Waals surface area contributed by atoms with E-state index in [4.69, 9.17) is 9.47 Å². The number of benzene rings is 3. The number of thiazole rings is 1. The van der Waals surface area contributed by atoms with Gasteiger partial charge in [-0.3, -0.25) is 4.79 Å². The number of anilines is 2. The van der Waals surface area contributed by atoms with Gasteiger partial charge in [-0.2, -0.15) is 18.3 Å². The fraction of sp³-hybridized carbons (Fsp3) is 0.179. The van der Waals surface area contributed by atoms with E-state index in [0.29, 0.717) is 44.5 Å². The highest BCUT2D eigenvalue weighted by atomic mass is 79.9. The maximum absolute atomic E-state index is 13.5. The highest BCUT2D eigenvalue weighted by Gasteiger charge is 2.30. The molecule has 4 rings (SSSR count). The highest BCUT2D eigenvalue weighted by molar-refractivity contribution is 9.10. The van der Waals surface area contributed by atoms with Gasteiger partial charge in [0.15, 0.2) is 16.6 Å². The second-order valence-corrected chi connectivity index (χ2v) is 10.2. The van der Waals surface area contributed by atoms with Crippen LogP contribution < -0.4 is 20.2 Å². The average molecular weight is 651 g/mol. The number of halogens is 5. The maximum Gasteiger partial charge on any atom is 0.416 e. The highest BCUT2D eigenvalue weighted by Crippen LogP contribution is 2.37. The number of amides is 1.